The number of anilines is 1. The Morgan fingerprint density at radius 2 is 1.83 bits per heavy atom. The van der Waals surface area contributed by atoms with E-state index in [4.69, 9.17) is 9.47 Å². The zero-order valence-corrected chi connectivity index (χ0v) is 15.7. The molecule has 1 aromatic carbocycles. The van der Waals surface area contributed by atoms with Gasteiger partial charge in [0.2, 0.25) is 6.29 Å². The van der Waals surface area contributed by atoms with Gasteiger partial charge in [0, 0.05) is 12.6 Å². The smallest absolute Gasteiger partial charge is 0.490 e. The maximum atomic E-state index is 13.5. The van der Waals surface area contributed by atoms with Gasteiger partial charge in [0.1, 0.15) is 11.9 Å². The van der Waals surface area contributed by atoms with Crippen molar-refractivity contribution in [3.05, 3.63) is 23.8 Å². The van der Waals surface area contributed by atoms with Crippen molar-refractivity contribution < 1.29 is 45.3 Å². The van der Waals surface area contributed by atoms with E-state index in [-0.39, 0.29) is 30.7 Å². The van der Waals surface area contributed by atoms with Crippen molar-refractivity contribution >= 4 is 11.7 Å². The molecule has 0 saturated carbocycles. The summed E-state index contributed by atoms with van der Waals surface area (Å²) in [6.45, 7) is 0.732. The zero-order valence-electron chi connectivity index (χ0n) is 15.7. The molecule has 0 spiro atoms. The lowest BCUT2D eigenvalue weighted by atomic mass is 10.1. The van der Waals surface area contributed by atoms with Gasteiger partial charge in [0.05, 0.1) is 24.4 Å². The summed E-state index contributed by atoms with van der Waals surface area (Å²) < 4.78 is 92.8. The number of hydrogen-bond donors (Lipinski definition) is 1. The van der Waals surface area contributed by atoms with Crippen molar-refractivity contribution in [2.75, 3.05) is 37.7 Å². The molecular weight excluding hydrogens is 422 g/mol. The van der Waals surface area contributed by atoms with Crippen LogP contribution < -0.4 is 15.0 Å². The van der Waals surface area contributed by atoms with E-state index in [0.29, 0.717) is 12.8 Å². The molecule has 1 N–H and O–H groups in total. The maximum Gasteiger partial charge on any atom is 0.491 e. The number of halogens is 6. The Bertz CT molecular complexity index is 749. The average Bonchev–Trinajstić information content (AvgIpc) is 2.67. The highest BCUT2D eigenvalue weighted by molar-refractivity contribution is 5.75. The monoisotopic (exact) mass is 442 g/mol. The summed E-state index contributed by atoms with van der Waals surface area (Å²) in [6, 6.07) is 3.30. The minimum atomic E-state index is -5.23. The molecule has 3 rings (SSSR count). The van der Waals surface area contributed by atoms with E-state index in [0.717, 1.165) is 19.2 Å². The zero-order chi connectivity index (χ0) is 21.9. The molecule has 2 heterocycles. The molecule has 2 aliphatic rings. The summed E-state index contributed by atoms with van der Waals surface area (Å²) in [5.74, 6) is -2.24. The van der Waals surface area contributed by atoms with E-state index in [2.05, 4.69) is 10.1 Å². The van der Waals surface area contributed by atoms with E-state index in [1.54, 1.807) is 0 Å². The molecule has 0 aromatic heterocycles. The number of rotatable bonds is 4. The lowest BCUT2D eigenvalue weighted by Crippen LogP contribution is -2.46. The third-order valence-corrected chi connectivity index (χ3v) is 4.71. The second-order valence-corrected chi connectivity index (χ2v) is 6.89. The van der Waals surface area contributed by atoms with E-state index >= 15 is 0 Å². The molecule has 6 nitrogen and oxygen atoms in total. The first-order chi connectivity index (χ1) is 14.0. The van der Waals surface area contributed by atoms with Crippen LogP contribution in [-0.2, 0) is 20.4 Å². The van der Waals surface area contributed by atoms with Crippen molar-refractivity contribution in [3.8, 4) is 5.75 Å². The van der Waals surface area contributed by atoms with Gasteiger partial charge in [-0.25, -0.2) is 4.79 Å². The number of benzene rings is 1. The predicted octanol–water partition coefficient (Wildman–Crippen LogP) is 3.10. The van der Waals surface area contributed by atoms with Crippen molar-refractivity contribution in [2.24, 2.45) is 0 Å². The van der Waals surface area contributed by atoms with Crippen LogP contribution in [0.25, 0.3) is 0 Å². The lowest BCUT2D eigenvalue weighted by molar-refractivity contribution is -0.226. The van der Waals surface area contributed by atoms with Crippen molar-refractivity contribution in [3.63, 3.8) is 0 Å². The Morgan fingerprint density at radius 3 is 2.47 bits per heavy atom. The number of ether oxygens (including phenoxy) is 3. The number of nitrogens with one attached hydrogen (secondary N) is 1. The first-order valence-corrected chi connectivity index (χ1v) is 9.27. The normalized spacial score (nSPS) is 21.4. The van der Waals surface area contributed by atoms with Gasteiger partial charge in [-0.3, -0.25) is 0 Å². The number of piperidine rings is 1. The molecule has 30 heavy (non-hydrogen) atoms. The fraction of sp³-hybridized carbons (Fsp3) is 0.611. The third-order valence-electron chi connectivity index (χ3n) is 4.71. The van der Waals surface area contributed by atoms with Crippen LogP contribution in [0.3, 0.4) is 0 Å². The van der Waals surface area contributed by atoms with Crippen LogP contribution >= 0.6 is 0 Å². The topological polar surface area (TPSA) is 60.0 Å². The van der Waals surface area contributed by atoms with Crippen molar-refractivity contribution in [1.29, 1.82) is 0 Å². The molecule has 0 aliphatic carbocycles. The summed E-state index contributed by atoms with van der Waals surface area (Å²) in [5.41, 5.74) is -1.24. The second-order valence-electron chi connectivity index (χ2n) is 6.89. The molecular formula is C18H20F6N2O4. The van der Waals surface area contributed by atoms with Gasteiger partial charge in [-0.2, -0.15) is 26.3 Å². The summed E-state index contributed by atoms with van der Waals surface area (Å²) in [5, 5.41) is 3.15. The number of hydrogen-bond acceptors (Lipinski definition) is 6. The number of alkyl halides is 6. The fourth-order valence-corrected chi connectivity index (χ4v) is 3.29. The lowest BCUT2D eigenvalue weighted by Gasteiger charge is -2.35. The quantitative estimate of drug-likeness (QED) is 0.572. The molecule has 0 bridgehead atoms. The van der Waals surface area contributed by atoms with Gasteiger partial charge in [0.25, 0.3) is 0 Å². The summed E-state index contributed by atoms with van der Waals surface area (Å²) in [4.78, 5) is 12.2. The van der Waals surface area contributed by atoms with Crippen LogP contribution in [-0.4, -0.2) is 57.3 Å². The second kappa shape index (κ2) is 8.88. The van der Waals surface area contributed by atoms with Gasteiger partial charge >= 0.3 is 18.3 Å². The number of carbonyl (C=O) groups is 1. The summed E-state index contributed by atoms with van der Waals surface area (Å²) >= 11 is 0. The Balaban J connectivity index is 1.80. The molecule has 2 aliphatic heterocycles. The van der Waals surface area contributed by atoms with Gasteiger partial charge in [-0.05, 0) is 38.1 Å². The predicted molar refractivity (Wildman–Crippen MR) is 92.1 cm³/mol. The van der Waals surface area contributed by atoms with E-state index in [1.165, 1.54) is 17.0 Å². The van der Waals surface area contributed by atoms with Crippen LogP contribution in [0.2, 0.25) is 0 Å². The average molecular weight is 442 g/mol. The number of nitrogens with zero attached hydrogens (tertiary/aromatic N) is 1. The molecule has 12 heteroatoms. The van der Waals surface area contributed by atoms with Gasteiger partial charge in [-0.15, -0.1) is 0 Å². The van der Waals surface area contributed by atoms with Gasteiger partial charge in [-0.1, -0.05) is 0 Å². The van der Waals surface area contributed by atoms with E-state index in [9.17, 15) is 31.1 Å². The minimum Gasteiger partial charge on any atom is -0.490 e. The maximum absolute atomic E-state index is 13.5. The fourth-order valence-electron chi connectivity index (χ4n) is 3.29. The highest BCUT2D eigenvalue weighted by atomic mass is 19.4. The highest BCUT2D eigenvalue weighted by Crippen LogP contribution is 2.39. The minimum absolute atomic E-state index is 0.0278. The number of morpholine rings is 1. The molecule has 0 radical (unpaired) electrons. The largest absolute Gasteiger partial charge is 0.491 e. The Hall–Kier alpha value is -2.21. The first-order valence-electron chi connectivity index (χ1n) is 9.27. The standard InChI is InChI=1S/C18H20F6N2O4/c19-17(20,21)13-2-1-12(29-11-3-5-25-6-4-11)9-14(13)26-7-8-28-15(10-26)30-16(27)18(22,23)24/h1-2,9,11,15,25H,3-8,10H2. The highest BCUT2D eigenvalue weighted by Gasteiger charge is 2.43. The molecule has 168 valence electrons. The first kappa shape index (κ1) is 22.5. The molecule has 0 amide bonds. The van der Waals surface area contributed by atoms with Gasteiger partial charge in [0.15, 0.2) is 0 Å². The van der Waals surface area contributed by atoms with Crippen molar-refractivity contribution in [1.82, 2.24) is 5.32 Å². The van der Waals surface area contributed by atoms with E-state index < -0.39 is 36.7 Å². The molecule has 1 unspecified atom stereocenters. The number of carbonyl (C=O) groups excluding carboxylic acids is 1. The molecule has 2 fully saturated rings. The van der Waals surface area contributed by atoms with Crippen LogP contribution in [0.15, 0.2) is 18.2 Å². The van der Waals surface area contributed by atoms with E-state index in [1.807, 2.05) is 0 Å². The van der Waals surface area contributed by atoms with Crippen LogP contribution in [0, 0.1) is 0 Å². The third kappa shape index (κ3) is 5.69. The molecule has 2 saturated heterocycles. The van der Waals surface area contributed by atoms with Crippen LogP contribution in [0.5, 0.6) is 5.75 Å². The molecule has 1 aromatic rings. The Labute approximate surface area is 168 Å². The molecule has 1 atom stereocenters. The SMILES string of the molecule is O=C(OC1CN(c2cc(OC3CCNCC3)ccc2C(F)(F)F)CCO1)C(F)(F)F. The summed E-state index contributed by atoms with van der Waals surface area (Å²) in [6.07, 6.45) is -10.3. The van der Waals surface area contributed by atoms with Crippen LogP contribution in [0.1, 0.15) is 18.4 Å². The van der Waals surface area contributed by atoms with Crippen molar-refractivity contribution in [2.45, 2.75) is 37.6 Å². The Morgan fingerprint density at radius 1 is 1.13 bits per heavy atom. The van der Waals surface area contributed by atoms with Crippen LogP contribution in [0.4, 0.5) is 32.0 Å². The van der Waals surface area contributed by atoms with Gasteiger partial charge < -0.3 is 24.4 Å². The summed E-state index contributed by atoms with van der Waals surface area (Å²) in [7, 11) is 0. The number of esters is 1. The Kier molecular flexibility index (Phi) is 6.65.